The molecule has 0 aliphatic carbocycles. The Labute approximate surface area is 209 Å². The molecular weight excluding hydrogens is 505 g/mol. The molecule has 7 nitrogen and oxygen atoms in total. The van der Waals surface area contributed by atoms with Gasteiger partial charge in [0.2, 0.25) is 5.82 Å². The number of aryl methyl sites for hydroxylation is 1. The smallest absolute Gasteiger partial charge is 0.417 e. The maximum atomic E-state index is 14.6. The largest absolute Gasteiger partial charge is 0.493 e. The zero-order valence-electron chi connectivity index (χ0n) is 20.8. The number of pyridine rings is 1. The van der Waals surface area contributed by atoms with Crippen LogP contribution in [0.5, 0.6) is 5.75 Å². The monoisotopic (exact) mass is 533 g/mol. The molecule has 1 aromatic heterocycles. The van der Waals surface area contributed by atoms with Crippen LogP contribution in [0.15, 0.2) is 23.0 Å². The number of carboxylic acids is 1. The van der Waals surface area contributed by atoms with Crippen molar-refractivity contribution < 1.29 is 46.1 Å². The van der Waals surface area contributed by atoms with E-state index in [0.29, 0.717) is 5.69 Å². The molecule has 2 aromatic rings. The van der Waals surface area contributed by atoms with Gasteiger partial charge in [0, 0.05) is 46.3 Å². The fraction of sp³-hybridized carbons (Fsp3) is 0.520. The molecule has 1 saturated heterocycles. The molecule has 0 spiro atoms. The van der Waals surface area contributed by atoms with Gasteiger partial charge in [-0.1, -0.05) is 19.9 Å². The average molecular weight is 533 g/mol. The van der Waals surface area contributed by atoms with Gasteiger partial charge >= 0.3 is 12.1 Å². The molecule has 1 unspecified atom stereocenters. The number of aromatic nitrogens is 1. The van der Waals surface area contributed by atoms with Gasteiger partial charge in [0.25, 0.3) is 0 Å². The van der Waals surface area contributed by atoms with E-state index in [1.165, 1.54) is 6.92 Å². The third-order valence-corrected chi connectivity index (χ3v) is 6.99. The van der Waals surface area contributed by atoms with Gasteiger partial charge in [-0.15, -0.1) is 0 Å². The lowest BCUT2D eigenvalue weighted by Crippen LogP contribution is -2.46. The molecule has 1 fully saturated rings. The number of H-pyrrole nitrogens is 1. The Morgan fingerprint density at radius 1 is 1.30 bits per heavy atom. The third-order valence-electron chi connectivity index (χ3n) is 6.99. The topological polar surface area (TPSA) is 97.9 Å². The van der Waals surface area contributed by atoms with Crippen molar-refractivity contribution in [1.29, 1.82) is 0 Å². The minimum atomic E-state index is -4.82. The first-order chi connectivity index (χ1) is 17.1. The Kier molecular flexibility index (Phi) is 8.04. The predicted molar refractivity (Wildman–Crippen MR) is 122 cm³/mol. The highest BCUT2D eigenvalue weighted by Crippen LogP contribution is 2.59. The van der Waals surface area contributed by atoms with Gasteiger partial charge in [-0.25, -0.2) is 9.18 Å². The van der Waals surface area contributed by atoms with Crippen molar-refractivity contribution >= 4 is 5.97 Å². The molecule has 12 heteroatoms. The molecule has 0 saturated carbocycles. The van der Waals surface area contributed by atoms with E-state index in [1.807, 2.05) is 0 Å². The van der Waals surface area contributed by atoms with Crippen molar-refractivity contribution in [2.24, 2.45) is 5.92 Å². The summed E-state index contributed by atoms with van der Waals surface area (Å²) in [6.07, 6.45) is -6.21. The van der Waals surface area contributed by atoms with E-state index in [-0.39, 0.29) is 23.4 Å². The van der Waals surface area contributed by atoms with Crippen LogP contribution in [0.1, 0.15) is 61.2 Å². The van der Waals surface area contributed by atoms with E-state index >= 15 is 0 Å². The molecule has 0 amide bonds. The van der Waals surface area contributed by atoms with Crippen LogP contribution in [0.2, 0.25) is 0 Å². The standard InChI is InChI=1S/C25H28F5NO6/c1-11(9-36-10-18(33)34)19-13(3)31-16(8-17(19)32)23-20(12(2)24(4,37-23)25(28,29)30)14-6-7-15(26)21(27)22(14)35-5/h6-8,11-12,20,23H,9-10H2,1-5H3,(H,31,32)(H,33,34)/t11?,12-,20-,23-,24+/m0/s1. The summed E-state index contributed by atoms with van der Waals surface area (Å²) in [5.74, 6) is -7.28. The summed E-state index contributed by atoms with van der Waals surface area (Å²) < 4.78 is 86.7. The molecule has 1 aliphatic heterocycles. The van der Waals surface area contributed by atoms with Gasteiger partial charge < -0.3 is 24.3 Å². The fourth-order valence-electron chi connectivity index (χ4n) is 4.98. The number of carbonyl (C=O) groups is 1. The van der Waals surface area contributed by atoms with Gasteiger partial charge in [-0.3, -0.25) is 4.79 Å². The Hall–Kier alpha value is -2.99. The van der Waals surface area contributed by atoms with Crippen LogP contribution in [0.4, 0.5) is 22.0 Å². The highest BCUT2D eigenvalue weighted by Gasteiger charge is 2.65. The van der Waals surface area contributed by atoms with Gasteiger partial charge in [0.1, 0.15) is 12.7 Å². The van der Waals surface area contributed by atoms with E-state index in [1.54, 1.807) is 13.8 Å². The van der Waals surface area contributed by atoms with Crippen molar-refractivity contribution in [1.82, 2.24) is 4.98 Å². The van der Waals surface area contributed by atoms with Crippen molar-refractivity contribution in [3.05, 3.63) is 62.6 Å². The van der Waals surface area contributed by atoms with Crippen LogP contribution in [0.3, 0.4) is 0 Å². The maximum absolute atomic E-state index is 14.6. The summed E-state index contributed by atoms with van der Waals surface area (Å²) in [6, 6.07) is 3.06. The second-order valence-corrected chi connectivity index (χ2v) is 9.38. The molecule has 0 bridgehead atoms. The van der Waals surface area contributed by atoms with E-state index in [9.17, 15) is 31.5 Å². The van der Waals surface area contributed by atoms with Gasteiger partial charge in [0.05, 0.1) is 13.7 Å². The number of nitrogens with one attached hydrogen (secondary N) is 1. The molecule has 1 aromatic carbocycles. The normalized spacial score (nSPS) is 24.8. The number of methoxy groups -OCH3 is 1. The van der Waals surface area contributed by atoms with Crippen LogP contribution >= 0.6 is 0 Å². The van der Waals surface area contributed by atoms with E-state index in [2.05, 4.69) is 4.98 Å². The van der Waals surface area contributed by atoms with Gasteiger partial charge in [0.15, 0.2) is 22.6 Å². The highest BCUT2D eigenvalue weighted by atomic mass is 19.4. The summed E-state index contributed by atoms with van der Waals surface area (Å²) in [7, 11) is 1.08. The lowest BCUT2D eigenvalue weighted by Gasteiger charge is -2.32. The van der Waals surface area contributed by atoms with E-state index in [4.69, 9.17) is 19.3 Å². The van der Waals surface area contributed by atoms with Crippen LogP contribution in [0, 0.1) is 24.5 Å². The molecule has 5 atom stereocenters. The number of hydrogen-bond acceptors (Lipinski definition) is 5. The first kappa shape index (κ1) is 28.6. The number of ether oxygens (including phenoxy) is 3. The second-order valence-electron chi connectivity index (χ2n) is 9.38. The highest BCUT2D eigenvalue weighted by molar-refractivity contribution is 5.68. The summed E-state index contributed by atoms with van der Waals surface area (Å²) in [4.78, 5) is 26.7. The maximum Gasteiger partial charge on any atom is 0.417 e. The molecule has 0 radical (unpaired) electrons. The molecule has 2 heterocycles. The van der Waals surface area contributed by atoms with Crippen LogP contribution in [0.25, 0.3) is 0 Å². The molecular formula is C25H28F5NO6. The molecule has 2 N–H and O–H groups in total. The Balaban J connectivity index is 2.12. The number of carboxylic acid groups (broad SMARTS) is 1. The number of aliphatic carboxylic acids is 1. The lowest BCUT2D eigenvalue weighted by atomic mass is 9.76. The third kappa shape index (κ3) is 5.22. The molecule has 1 aliphatic rings. The SMILES string of the molecule is COc1c([C@H]2[C@H](c3cc(=O)c(C(C)COCC(=O)O)c(C)[nH]3)O[C@@](C)(C(F)(F)F)[C@H]2C)ccc(F)c1F. The number of aromatic amines is 1. The fourth-order valence-corrected chi connectivity index (χ4v) is 4.98. The summed E-state index contributed by atoms with van der Waals surface area (Å²) in [6.45, 7) is 4.72. The predicted octanol–water partition coefficient (Wildman–Crippen LogP) is 4.99. The van der Waals surface area contributed by atoms with Crippen LogP contribution in [-0.4, -0.2) is 48.2 Å². The second kappa shape index (κ2) is 10.4. The summed E-state index contributed by atoms with van der Waals surface area (Å²) in [5.41, 5.74) is -2.64. The summed E-state index contributed by atoms with van der Waals surface area (Å²) in [5, 5.41) is 8.73. The average Bonchev–Trinajstić information content (AvgIpc) is 3.06. The van der Waals surface area contributed by atoms with E-state index < -0.39 is 71.0 Å². The zero-order valence-corrected chi connectivity index (χ0v) is 20.8. The zero-order chi connectivity index (χ0) is 27.9. The van der Waals surface area contributed by atoms with Crippen molar-refractivity contribution in [2.75, 3.05) is 20.3 Å². The van der Waals surface area contributed by atoms with Gasteiger partial charge in [-0.2, -0.15) is 17.6 Å². The van der Waals surface area contributed by atoms with Gasteiger partial charge in [-0.05, 0) is 19.9 Å². The number of benzene rings is 1. The van der Waals surface area contributed by atoms with Crippen LogP contribution in [-0.2, 0) is 14.3 Å². The van der Waals surface area contributed by atoms with E-state index in [0.717, 1.165) is 32.2 Å². The summed E-state index contributed by atoms with van der Waals surface area (Å²) >= 11 is 0. The number of alkyl halides is 3. The molecule has 3 rings (SSSR count). The van der Waals surface area contributed by atoms with Crippen molar-refractivity contribution in [2.45, 2.75) is 57.4 Å². The number of halogens is 5. The van der Waals surface area contributed by atoms with Crippen molar-refractivity contribution in [3.8, 4) is 5.75 Å². The minimum Gasteiger partial charge on any atom is -0.493 e. The first-order valence-corrected chi connectivity index (χ1v) is 11.4. The number of hydrogen-bond donors (Lipinski definition) is 2. The number of rotatable bonds is 8. The Morgan fingerprint density at radius 2 is 1.95 bits per heavy atom. The quantitative estimate of drug-likeness (QED) is 0.465. The Bertz CT molecular complexity index is 1230. The Morgan fingerprint density at radius 3 is 2.49 bits per heavy atom. The first-order valence-electron chi connectivity index (χ1n) is 11.4. The minimum absolute atomic E-state index is 0.0153. The molecule has 37 heavy (non-hydrogen) atoms. The molecule has 204 valence electrons. The lowest BCUT2D eigenvalue weighted by molar-refractivity contribution is -0.275. The van der Waals surface area contributed by atoms with Crippen LogP contribution < -0.4 is 10.2 Å². The van der Waals surface area contributed by atoms with Crippen molar-refractivity contribution in [3.63, 3.8) is 0 Å².